The van der Waals surface area contributed by atoms with Gasteiger partial charge in [0.2, 0.25) is 0 Å². The molecule has 3 rings (SSSR count). The first kappa shape index (κ1) is 13.2. The van der Waals surface area contributed by atoms with Crippen molar-refractivity contribution in [2.24, 2.45) is 0 Å². The Balaban J connectivity index is 1.90. The zero-order valence-electron chi connectivity index (χ0n) is 11.8. The summed E-state index contributed by atoms with van der Waals surface area (Å²) in [5.41, 5.74) is 2.84. The first-order valence-corrected chi connectivity index (χ1v) is 6.57. The van der Waals surface area contributed by atoms with E-state index in [-0.39, 0.29) is 5.91 Å². The Labute approximate surface area is 122 Å². The third-order valence-corrected chi connectivity index (χ3v) is 3.20. The van der Waals surface area contributed by atoms with Crippen LogP contribution in [0.5, 0.6) is 5.75 Å². The highest BCUT2D eigenvalue weighted by molar-refractivity contribution is 6.04. The zero-order chi connectivity index (χ0) is 14.8. The van der Waals surface area contributed by atoms with Crippen molar-refractivity contribution < 1.29 is 9.53 Å². The number of hydrogen-bond donors (Lipinski definition) is 1. The summed E-state index contributed by atoms with van der Waals surface area (Å²) in [6, 6.07) is 11.2. The number of pyridine rings is 1. The standard InChI is InChI=1S/C16H15N3O2/c1-11-7-8-19-10-13(17-15(19)9-11)16(20)18-12-5-3-4-6-14(12)21-2/h3-10H,1-2H3,(H,18,20). The number of carbonyl (C=O) groups is 1. The molecule has 5 heteroatoms. The first-order chi connectivity index (χ1) is 10.2. The van der Waals surface area contributed by atoms with Gasteiger partial charge in [0.25, 0.3) is 5.91 Å². The molecular formula is C16H15N3O2. The summed E-state index contributed by atoms with van der Waals surface area (Å²) in [7, 11) is 1.57. The Hall–Kier alpha value is -2.82. The molecule has 0 aliphatic rings. The van der Waals surface area contributed by atoms with Crippen molar-refractivity contribution in [1.82, 2.24) is 9.38 Å². The van der Waals surface area contributed by atoms with E-state index in [0.717, 1.165) is 11.2 Å². The van der Waals surface area contributed by atoms with Gasteiger partial charge in [-0.15, -0.1) is 0 Å². The van der Waals surface area contributed by atoms with E-state index in [1.54, 1.807) is 25.4 Å². The number of aryl methyl sites for hydroxylation is 1. The average Bonchev–Trinajstić information content (AvgIpc) is 2.91. The molecule has 0 unspecified atom stereocenters. The predicted octanol–water partition coefficient (Wildman–Crippen LogP) is 2.90. The molecule has 106 valence electrons. The molecule has 21 heavy (non-hydrogen) atoms. The molecule has 0 saturated carbocycles. The molecule has 2 heterocycles. The van der Waals surface area contributed by atoms with E-state index < -0.39 is 0 Å². The summed E-state index contributed by atoms with van der Waals surface area (Å²) < 4.78 is 7.04. The maximum Gasteiger partial charge on any atom is 0.275 e. The number of fused-ring (bicyclic) bond motifs is 1. The Morgan fingerprint density at radius 2 is 2.10 bits per heavy atom. The maximum absolute atomic E-state index is 12.3. The Morgan fingerprint density at radius 3 is 2.90 bits per heavy atom. The number of para-hydroxylation sites is 2. The molecule has 1 N–H and O–H groups in total. The fraction of sp³-hybridized carbons (Fsp3) is 0.125. The van der Waals surface area contributed by atoms with Gasteiger partial charge in [-0.2, -0.15) is 0 Å². The van der Waals surface area contributed by atoms with E-state index in [1.807, 2.05) is 41.8 Å². The molecule has 1 aromatic carbocycles. The third-order valence-electron chi connectivity index (χ3n) is 3.20. The number of rotatable bonds is 3. The minimum Gasteiger partial charge on any atom is -0.495 e. The van der Waals surface area contributed by atoms with Crippen molar-refractivity contribution in [2.45, 2.75) is 6.92 Å². The number of aromatic nitrogens is 2. The van der Waals surface area contributed by atoms with Crippen LogP contribution in [-0.2, 0) is 0 Å². The highest BCUT2D eigenvalue weighted by Gasteiger charge is 2.13. The van der Waals surface area contributed by atoms with Crippen molar-refractivity contribution in [1.29, 1.82) is 0 Å². The van der Waals surface area contributed by atoms with E-state index in [0.29, 0.717) is 17.1 Å². The molecule has 0 aliphatic heterocycles. The van der Waals surface area contributed by atoms with Gasteiger partial charge in [0.15, 0.2) is 0 Å². The summed E-state index contributed by atoms with van der Waals surface area (Å²) >= 11 is 0. The van der Waals surface area contributed by atoms with Gasteiger partial charge < -0.3 is 14.5 Å². The zero-order valence-corrected chi connectivity index (χ0v) is 11.8. The average molecular weight is 281 g/mol. The summed E-state index contributed by atoms with van der Waals surface area (Å²) in [6.07, 6.45) is 3.59. The highest BCUT2D eigenvalue weighted by Crippen LogP contribution is 2.23. The van der Waals surface area contributed by atoms with Crippen molar-refractivity contribution in [2.75, 3.05) is 12.4 Å². The molecule has 3 aromatic rings. The molecule has 0 bridgehead atoms. The van der Waals surface area contributed by atoms with Gasteiger partial charge in [0, 0.05) is 12.4 Å². The van der Waals surface area contributed by atoms with Crippen LogP contribution < -0.4 is 10.1 Å². The van der Waals surface area contributed by atoms with Gasteiger partial charge in [-0.1, -0.05) is 12.1 Å². The van der Waals surface area contributed by atoms with E-state index >= 15 is 0 Å². The summed E-state index contributed by atoms with van der Waals surface area (Å²) in [5, 5.41) is 2.81. The normalized spacial score (nSPS) is 10.6. The van der Waals surface area contributed by atoms with Crippen LogP contribution in [0, 0.1) is 6.92 Å². The van der Waals surface area contributed by atoms with Gasteiger partial charge >= 0.3 is 0 Å². The molecule has 0 fully saturated rings. The monoisotopic (exact) mass is 281 g/mol. The second-order valence-electron chi connectivity index (χ2n) is 4.75. The fourth-order valence-corrected chi connectivity index (χ4v) is 2.13. The minimum absolute atomic E-state index is 0.263. The SMILES string of the molecule is COc1ccccc1NC(=O)c1cn2ccc(C)cc2n1. The summed E-state index contributed by atoms with van der Waals surface area (Å²) in [5.74, 6) is 0.353. The lowest BCUT2D eigenvalue weighted by Crippen LogP contribution is -2.12. The van der Waals surface area contributed by atoms with Crippen LogP contribution in [0.2, 0.25) is 0 Å². The number of imidazole rings is 1. The fourth-order valence-electron chi connectivity index (χ4n) is 2.13. The van der Waals surface area contributed by atoms with Gasteiger partial charge in [-0.25, -0.2) is 4.98 Å². The molecular weight excluding hydrogens is 266 g/mol. The predicted molar refractivity (Wildman–Crippen MR) is 80.9 cm³/mol. The molecule has 0 radical (unpaired) electrons. The molecule has 0 atom stereocenters. The summed E-state index contributed by atoms with van der Waals surface area (Å²) in [4.78, 5) is 16.6. The number of anilines is 1. The summed E-state index contributed by atoms with van der Waals surface area (Å²) in [6.45, 7) is 1.99. The number of ether oxygens (including phenoxy) is 1. The second kappa shape index (κ2) is 5.28. The topological polar surface area (TPSA) is 55.6 Å². The van der Waals surface area contributed by atoms with E-state index in [9.17, 15) is 4.79 Å². The lowest BCUT2D eigenvalue weighted by Gasteiger charge is -2.08. The van der Waals surface area contributed by atoms with Crippen molar-refractivity contribution in [3.63, 3.8) is 0 Å². The Morgan fingerprint density at radius 1 is 1.29 bits per heavy atom. The van der Waals surface area contributed by atoms with Gasteiger partial charge in [-0.3, -0.25) is 4.79 Å². The maximum atomic E-state index is 12.3. The lowest BCUT2D eigenvalue weighted by atomic mass is 10.3. The van der Waals surface area contributed by atoms with E-state index in [2.05, 4.69) is 10.3 Å². The van der Waals surface area contributed by atoms with Crippen LogP contribution in [0.3, 0.4) is 0 Å². The van der Waals surface area contributed by atoms with Gasteiger partial charge in [-0.05, 0) is 36.8 Å². The number of nitrogens with zero attached hydrogens (tertiary/aromatic N) is 2. The number of methoxy groups -OCH3 is 1. The number of carbonyl (C=O) groups excluding carboxylic acids is 1. The van der Waals surface area contributed by atoms with Crippen molar-refractivity contribution in [3.8, 4) is 5.75 Å². The quantitative estimate of drug-likeness (QED) is 0.803. The molecule has 1 amide bonds. The van der Waals surface area contributed by atoms with Crippen LogP contribution in [0.1, 0.15) is 16.1 Å². The van der Waals surface area contributed by atoms with E-state index in [4.69, 9.17) is 4.74 Å². The lowest BCUT2D eigenvalue weighted by molar-refractivity contribution is 0.102. The van der Waals surface area contributed by atoms with Crippen LogP contribution in [0.4, 0.5) is 5.69 Å². The largest absolute Gasteiger partial charge is 0.495 e. The number of benzene rings is 1. The highest BCUT2D eigenvalue weighted by atomic mass is 16.5. The van der Waals surface area contributed by atoms with Crippen LogP contribution in [0.15, 0.2) is 48.8 Å². The molecule has 2 aromatic heterocycles. The molecule has 5 nitrogen and oxygen atoms in total. The molecule has 0 aliphatic carbocycles. The van der Waals surface area contributed by atoms with E-state index in [1.165, 1.54) is 0 Å². The number of amides is 1. The third kappa shape index (κ3) is 2.58. The second-order valence-corrected chi connectivity index (χ2v) is 4.75. The van der Waals surface area contributed by atoms with Crippen molar-refractivity contribution in [3.05, 3.63) is 60.0 Å². The molecule has 0 spiro atoms. The van der Waals surface area contributed by atoms with Gasteiger partial charge in [0.1, 0.15) is 17.1 Å². The minimum atomic E-state index is -0.263. The van der Waals surface area contributed by atoms with Crippen LogP contribution in [-0.4, -0.2) is 22.4 Å². The Kier molecular flexibility index (Phi) is 3.31. The van der Waals surface area contributed by atoms with Crippen LogP contribution >= 0.6 is 0 Å². The van der Waals surface area contributed by atoms with Crippen molar-refractivity contribution >= 4 is 17.2 Å². The van der Waals surface area contributed by atoms with Crippen LogP contribution in [0.25, 0.3) is 5.65 Å². The van der Waals surface area contributed by atoms with Gasteiger partial charge in [0.05, 0.1) is 12.8 Å². The smallest absolute Gasteiger partial charge is 0.275 e. The number of hydrogen-bond acceptors (Lipinski definition) is 3. The molecule has 0 saturated heterocycles. The number of nitrogens with one attached hydrogen (secondary N) is 1. The first-order valence-electron chi connectivity index (χ1n) is 6.57. The Bertz CT molecular complexity index is 808.